The highest BCUT2D eigenvalue weighted by Gasteiger charge is 2.32. The van der Waals surface area contributed by atoms with Gasteiger partial charge in [-0.3, -0.25) is 9.89 Å². The van der Waals surface area contributed by atoms with Crippen LogP contribution in [0, 0.1) is 0 Å². The summed E-state index contributed by atoms with van der Waals surface area (Å²) in [6.07, 6.45) is 9.08. The summed E-state index contributed by atoms with van der Waals surface area (Å²) >= 11 is 0. The number of rotatable bonds is 5. The van der Waals surface area contributed by atoms with E-state index in [0.29, 0.717) is 12.5 Å². The molecule has 2 aliphatic heterocycles. The van der Waals surface area contributed by atoms with E-state index in [0.717, 1.165) is 74.4 Å². The molecule has 7 nitrogen and oxygen atoms in total. The molecule has 0 saturated carbocycles. The fourth-order valence-corrected chi connectivity index (χ4v) is 4.07. The Balaban J connectivity index is 1.44. The molecule has 144 valence electrons. The molecule has 1 amide bonds. The van der Waals surface area contributed by atoms with Crippen molar-refractivity contribution in [1.29, 1.82) is 0 Å². The van der Waals surface area contributed by atoms with Gasteiger partial charge in [0.05, 0.1) is 11.9 Å². The van der Waals surface area contributed by atoms with Crippen molar-refractivity contribution in [2.24, 2.45) is 0 Å². The molecule has 0 radical (unpaired) electrons. The Kier molecular flexibility index (Phi) is 5.48. The van der Waals surface area contributed by atoms with Gasteiger partial charge in [-0.2, -0.15) is 5.10 Å². The standard InChI is InChI=1S/C20H27N5O2/c1-2-4-18-21-9-6-16(23-18)15-13-22-24-19(15)14-7-10-25(11-8-14)20(26)17-5-3-12-27-17/h6,9,13-14,17H,2-5,7-8,10-12H2,1H3,(H,22,24)/t17-/m0/s1. The van der Waals surface area contributed by atoms with Crippen LogP contribution in [-0.4, -0.2) is 56.8 Å². The van der Waals surface area contributed by atoms with Gasteiger partial charge in [-0.05, 0) is 38.2 Å². The molecule has 0 unspecified atom stereocenters. The second kappa shape index (κ2) is 8.17. The number of H-pyrrole nitrogens is 1. The Morgan fingerprint density at radius 3 is 2.93 bits per heavy atom. The van der Waals surface area contributed by atoms with Crippen molar-refractivity contribution < 1.29 is 9.53 Å². The Morgan fingerprint density at radius 2 is 2.19 bits per heavy atom. The smallest absolute Gasteiger partial charge is 0.251 e. The number of aryl methyl sites for hydroxylation is 1. The molecule has 0 aromatic carbocycles. The van der Waals surface area contributed by atoms with Gasteiger partial charge in [0.2, 0.25) is 0 Å². The zero-order chi connectivity index (χ0) is 18.6. The SMILES string of the molecule is CCCc1nccc(-c2cn[nH]c2C2CCN(C(=O)[C@@H]3CCCO3)CC2)n1. The average molecular weight is 369 g/mol. The van der Waals surface area contributed by atoms with E-state index in [-0.39, 0.29) is 12.0 Å². The minimum absolute atomic E-state index is 0.163. The number of ether oxygens (including phenoxy) is 1. The minimum atomic E-state index is -0.220. The first-order valence-electron chi connectivity index (χ1n) is 10.0. The zero-order valence-electron chi connectivity index (χ0n) is 15.9. The average Bonchev–Trinajstić information content (AvgIpc) is 3.40. The molecule has 2 aromatic rings. The Morgan fingerprint density at radius 1 is 1.33 bits per heavy atom. The van der Waals surface area contributed by atoms with Crippen molar-refractivity contribution in [3.63, 3.8) is 0 Å². The van der Waals surface area contributed by atoms with Crippen molar-refractivity contribution in [2.45, 2.75) is 57.5 Å². The first-order chi connectivity index (χ1) is 13.3. The molecule has 4 rings (SSSR count). The number of piperidine rings is 1. The molecule has 7 heteroatoms. The molecule has 2 fully saturated rings. The van der Waals surface area contributed by atoms with Crippen LogP contribution in [0.3, 0.4) is 0 Å². The third-order valence-electron chi connectivity index (χ3n) is 5.54. The fraction of sp³-hybridized carbons (Fsp3) is 0.600. The van der Waals surface area contributed by atoms with Crippen LogP contribution in [0.2, 0.25) is 0 Å². The van der Waals surface area contributed by atoms with Crippen molar-refractivity contribution >= 4 is 5.91 Å². The monoisotopic (exact) mass is 369 g/mol. The van der Waals surface area contributed by atoms with Crippen LogP contribution in [0.15, 0.2) is 18.5 Å². The molecule has 27 heavy (non-hydrogen) atoms. The van der Waals surface area contributed by atoms with Gasteiger partial charge in [0, 0.05) is 49.5 Å². The quantitative estimate of drug-likeness (QED) is 0.876. The van der Waals surface area contributed by atoms with Gasteiger partial charge in [0.1, 0.15) is 11.9 Å². The van der Waals surface area contributed by atoms with Crippen molar-refractivity contribution in [3.05, 3.63) is 30.0 Å². The van der Waals surface area contributed by atoms with E-state index in [1.807, 2.05) is 23.4 Å². The van der Waals surface area contributed by atoms with Crippen LogP contribution in [0.25, 0.3) is 11.3 Å². The zero-order valence-corrected chi connectivity index (χ0v) is 15.9. The summed E-state index contributed by atoms with van der Waals surface area (Å²) in [6.45, 7) is 4.38. The van der Waals surface area contributed by atoms with Gasteiger partial charge >= 0.3 is 0 Å². The normalized spacial score (nSPS) is 20.9. The molecule has 4 heterocycles. The van der Waals surface area contributed by atoms with Crippen LogP contribution in [0.5, 0.6) is 0 Å². The van der Waals surface area contributed by atoms with Crippen LogP contribution < -0.4 is 0 Å². The first kappa shape index (κ1) is 18.1. The van der Waals surface area contributed by atoms with E-state index in [9.17, 15) is 4.79 Å². The lowest BCUT2D eigenvalue weighted by Crippen LogP contribution is -2.43. The fourth-order valence-electron chi connectivity index (χ4n) is 4.07. The molecule has 0 bridgehead atoms. The Bertz CT molecular complexity index is 776. The second-order valence-corrected chi connectivity index (χ2v) is 7.41. The summed E-state index contributed by atoms with van der Waals surface area (Å²) in [5.74, 6) is 1.40. The maximum atomic E-state index is 12.5. The van der Waals surface area contributed by atoms with Crippen LogP contribution in [0.4, 0.5) is 0 Å². The van der Waals surface area contributed by atoms with Gasteiger partial charge in [-0.15, -0.1) is 0 Å². The number of amides is 1. The molecule has 2 aromatic heterocycles. The van der Waals surface area contributed by atoms with Gasteiger partial charge in [0.25, 0.3) is 5.91 Å². The van der Waals surface area contributed by atoms with E-state index < -0.39 is 0 Å². The molecule has 0 spiro atoms. The van der Waals surface area contributed by atoms with Gasteiger partial charge in [0.15, 0.2) is 0 Å². The molecular formula is C20H27N5O2. The summed E-state index contributed by atoms with van der Waals surface area (Å²) in [7, 11) is 0. The lowest BCUT2D eigenvalue weighted by Gasteiger charge is -2.33. The van der Waals surface area contributed by atoms with Gasteiger partial charge < -0.3 is 9.64 Å². The van der Waals surface area contributed by atoms with Crippen LogP contribution >= 0.6 is 0 Å². The van der Waals surface area contributed by atoms with E-state index >= 15 is 0 Å². The van der Waals surface area contributed by atoms with Gasteiger partial charge in [-0.1, -0.05) is 6.92 Å². The third kappa shape index (κ3) is 3.88. The van der Waals surface area contributed by atoms with Crippen molar-refractivity contribution in [3.8, 4) is 11.3 Å². The number of nitrogens with one attached hydrogen (secondary N) is 1. The first-order valence-corrected chi connectivity index (χ1v) is 10.0. The predicted octanol–water partition coefficient (Wildman–Crippen LogP) is 2.70. The predicted molar refractivity (Wildman–Crippen MR) is 101 cm³/mol. The highest BCUT2D eigenvalue weighted by Crippen LogP contribution is 2.33. The molecule has 1 atom stereocenters. The topological polar surface area (TPSA) is 84.0 Å². The lowest BCUT2D eigenvalue weighted by molar-refractivity contribution is -0.142. The minimum Gasteiger partial charge on any atom is -0.368 e. The number of aromatic nitrogens is 4. The number of carbonyl (C=O) groups excluding carboxylic acids is 1. The van der Waals surface area contributed by atoms with Crippen molar-refractivity contribution in [1.82, 2.24) is 25.1 Å². The number of nitrogens with zero attached hydrogens (tertiary/aromatic N) is 4. The number of likely N-dealkylation sites (tertiary alicyclic amines) is 1. The second-order valence-electron chi connectivity index (χ2n) is 7.41. The Hall–Kier alpha value is -2.28. The van der Waals surface area contributed by atoms with E-state index in [1.165, 1.54) is 0 Å². The lowest BCUT2D eigenvalue weighted by atomic mass is 9.90. The summed E-state index contributed by atoms with van der Waals surface area (Å²) < 4.78 is 5.55. The van der Waals surface area contributed by atoms with Crippen LogP contribution in [-0.2, 0) is 16.0 Å². The number of carbonyl (C=O) groups is 1. The highest BCUT2D eigenvalue weighted by molar-refractivity contribution is 5.81. The summed E-state index contributed by atoms with van der Waals surface area (Å²) in [6, 6.07) is 1.95. The number of hydrogen-bond donors (Lipinski definition) is 1. The summed E-state index contributed by atoms with van der Waals surface area (Å²) in [4.78, 5) is 23.6. The molecule has 2 saturated heterocycles. The van der Waals surface area contributed by atoms with Gasteiger partial charge in [-0.25, -0.2) is 9.97 Å². The molecule has 0 aliphatic carbocycles. The highest BCUT2D eigenvalue weighted by atomic mass is 16.5. The van der Waals surface area contributed by atoms with E-state index in [2.05, 4.69) is 22.1 Å². The third-order valence-corrected chi connectivity index (χ3v) is 5.54. The number of aromatic amines is 1. The van der Waals surface area contributed by atoms with E-state index in [1.54, 1.807) is 0 Å². The molecular weight excluding hydrogens is 342 g/mol. The Labute approximate surface area is 159 Å². The maximum Gasteiger partial charge on any atom is 0.251 e. The summed E-state index contributed by atoms with van der Waals surface area (Å²) in [5.41, 5.74) is 3.11. The maximum absolute atomic E-state index is 12.5. The molecule has 2 aliphatic rings. The molecule has 1 N–H and O–H groups in total. The van der Waals surface area contributed by atoms with Crippen LogP contribution in [0.1, 0.15) is 56.5 Å². The van der Waals surface area contributed by atoms with Crippen molar-refractivity contribution in [2.75, 3.05) is 19.7 Å². The summed E-state index contributed by atoms with van der Waals surface area (Å²) in [5, 5.41) is 7.47. The largest absolute Gasteiger partial charge is 0.368 e. The van der Waals surface area contributed by atoms with E-state index in [4.69, 9.17) is 9.72 Å². The number of hydrogen-bond acceptors (Lipinski definition) is 5.